The van der Waals surface area contributed by atoms with E-state index < -0.39 is 11.7 Å². The van der Waals surface area contributed by atoms with Crippen LogP contribution in [0.5, 0.6) is 11.5 Å². The van der Waals surface area contributed by atoms with Gasteiger partial charge in [0.25, 0.3) is 0 Å². The molecule has 0 saturated heterocycles. The molecule has 0 bridgehead atoms. The summed E-state index contributed by atoms with van der Waals surface area (Å²) >= 11 is 0. The van der Waals surface area contributed by atoms with Gasteiger partial charge in [0.2, 0.25) is 5.91 Å². The van der Waals surface area contributed by atoms with Crippen LogP contribution in [0.15, 0.2) is 36.4 Å². The van der Waals surface area contributed by atoms with Crippen molar-refractivity contribution in [2.75, 3.05) is 11.9 Å². The Morgan fingerprint density at radius 3 is 2.39 bits per heavy atom. The van der Waals surface area contributed by atoms with Crippen molar-refractivity contribution >= 4 is 11.6 Å². The summed E-state index contributed by atoms with van der Waals surface area (Å²) in [5.41, 5.74) is 0.695. The summed E-state index contributed by atoms with van der Waals surface area (Å²) in [6, 6.07) is 9.10. The number of aryl methyl sites for hydroxylation is 1. The van der Waals surface area contributed by atoms with Gasteiger partial charge in [-0.05, 0) is 43.2 Å². The number of hydrogen-bond donors (Lipinski definition) is 1. The first-order valence-electron chi connectivity index (χ1n) is 9.17. The molecule has 152 valence electrons. The topological polar surface area (TPSA) is 47.6 Å². The number of ether oxygens (including phenoxy) is 2. The maximum absolute atomic E-state index is 13.4. The van der Waals surface area contributed by atoms with Crippen LogP contribution in [0.1, 0.15) is 43.9 Å². The second kappa shape index (κ2) is 9.48. The van der Waals surface area contributed by atoms with Gasteiger partial charge in [0, 0.05) is 6.42 Å². The number of nitrogens with one attached hydrogen (secondary N) is 1. The highest BCUT2D eigenvalue weighted by molar-refractivity contribution is 5.91. The van der Waals surface area contributed by atoms with Gasteiger partial charge in [0.05, 0.1) is 23.4 Å². The number of amides is 1. The Bertz CT molecular complexity index is 819. The SMILES string of the molecule is CCOc1cccc(NC(=O)CC)c1COc1ccc(CC)cc1C(F)(F)F. The summed E-state index contributed by atoms with van der Waals surface area (Å²) in [5.74, 6) is -0.0166. The van der Waals surface area contributed by atoms with E-state index in [-0.39, 0.29) is 24.7 Å². The molecule has 0 aliphatic rings. The van der Waals surface area contributed by atoms with E-state index in [0.717, 1.165) is 6.07 Å². The van der Waals surface area contributed by atoms with Crippen LogP contribution in [0.25, 0.3) is 0 Å². The first kappa shape index (κ1) is 21.6. The molecule has 0 unspecified atom stereocenters. The number of halogens is 3. The minimum Gasteiger partial charge on any atom is -0.493 e. The normalized spacial score (nSPS) is 11.2. The van der Waals surface area contributed by atoms with E-state index in [9.17, 15) is 18.0 Å². The summed E-state index contributed by atoms with van der Waals surface area (Å²) in [6.07, 6.45) is -3.77. The van der Waals surface area contributed by atoms with Crippen molar-refractivity contribution in [2.24, 2.45) is 0 Å². The zero-order valence-corrected chi connectivity index (χ0v) is 16.2. The molecule has 2 rings (SSSR count). The van der Waals surface area contributed by atoms with Gasteiger partial charge in [-0.2, -0.15) is 13.2 Å². The lowest BCUT2D eigenvalue weighted by Crippen LogP contribution is -2.14. The van der Waals surface area contributed by atoms with Crippen molar-refractivity contribution in [2.45, 2.75) is 46.4 Å². The van der Waals surface area contributed by atoms with E-state index in [1.165, 1.54) is 6.07 Å². The number of benzene rings is 2. The molecule has 2 aromatic rings. The van der Waals surface area contributed by atoms with E-state index in [4.69, 9.17) is 9.47 Å². The molecule has 0 heterocycles. The molecular formula is C21H24F3NO3. The molecule has 0 saturated carbocycles. The molecule has 0 atom stereocenters. The van der Waals surface area contributed by atoms with Crippen molar-refractivity contribution < 1.29 is 27.4 Å². The standard InChI is InChI=1S/C21H24F3NO3/c1-4-14-10-11-19(16(12-14)21(22,23)24)28-13-15-17(25-20(26)5-2)8-7-9-18(15)27-6-3/h7-12H,4-6,13H2,1-3H3,(H,25,26). The molecule has 0 aliphatic heterocycles. The second-order valence-corrected chi connectivity index (χ2v) is 6.09. The van der Waals surface area contributed by atoms with Gasteiger partial charge >= 0.3 is 6.18 Å². The smallest absolute Gasteiger partial charge is 0.419 e. The maximum atomic E-state index is 13.4. The van der Waals surface area contributed by atoms with Crippen LogP contribution in [0.2, 0.25) is 0 Å². The van der Waals surface area contributed by atoms with Gasteiger partial charge in [0.1, 0.15) is 18.1 Å². The fourth-order valence-corrected chi connectivity index (χ4v) is 2.66. The van der Waals surface area contributed by atoms with Gasteiger partial charge < -0.3 is 14.8 Å². The fourth-order valence-electron chi connectivity index (χ4n) is 2.66. The Labute approximate surface area is 162 Å². The molecule has 0 fully saturated rings. The van der Waals surface area contributed by atoms with Crippen LogP contribution < -0.4 is 14.8 Å². The molecule has 7 heteroatoms. The lowest BCUT2D eigenvalue weighted by molar-refractivity contribution is -0.139. The zero-order chi connectivity index (χ0) is 20.7. The maximum Gasteiger partial charge on any atom is 0.419 e. The molecule has 28 heavy (non-hydrogen) atoms. The number of carbonyl (C=O) groups excluding carboxylic acids is 1. The predicted molar refractivity (Wildman–Crippen MR) is 102 cm³/mol. The Balaban J connectivity index is 2.37. The molecule has 1 amide bonds. The summed E-state index contributed by atoms with van der Waals surface area (Å²) in [5, 5.41) is 2.74. The third-order valence-electron chi connectivity index (χ3n) is 4.16. The molecule has 0 aliphatic carbocycles. The molecular weight excluding hydrogens is 371 g/mol. The molecule has 0 aromatic heterocycles. The van der Waals surface area contributed by atoms with Crippen LogP contribution in [0, 0.1) is 0 Å². The minimum absolute atomic E-state index is 0.177. The van der Waals surface area contributed by atoms with Crippen LogP contribution in [0.3, 0.4) is 0 Å². The average Bonchev–Trinajstić information content (AvgIpc) is 2.66. The lowest BCUT2D eigenvalue weighted by Gasteiger charge is -2.18. The van der Waals surface area contributed by atoms with E-state index >= 15 is 0 Å². The van der Waals surface area contributed by atoms with Crippen LogP contribution in [-0.2, 0) is 24.0 Å². The first-order chi connectivity index (χ1) is 13.3. The molecule has 4 nitrogen and oxygen atoms in total. The van der Waals surface area contributed by atoms with Gasteiger partial charge in [-0.1, -0.05) is 26.0 Å². The third kappa shape index (κ3) is 5.41. The molecule has 0 radical (unpaired) electrons. The summed E-state index contributed by atoms with van der Waals surface area (Å²) in [6.45, 7) is 5.49. The van der Waals surface area contributed by atoms with Gasteiger partial charge in [0.15, 0.2) is 0 Å². The van der Waals surface area contributed by atoms with E-state index in [0.29, 0.717) is 35.6 Å². The third-order valence-corrected chi connectivity index (χ3v) is 4.16. The largest absolute Gasteiger partial charge is 0.493 e. The monoisotopic (exact) mass is 395 g/mol. The van der Waals surface area contributed by atoms with Crippen molar-refractivity contribution in [3.05, 3.63) is 53.1 Å². The molecule has 1 N–H and O–H groups in total. The Morgan fingerprint density at radius 2 is 1.79 bits per heavy atom. The highest BCUT2D eigenvalue weighted by atomic mass is 19.4. The number of hydrogen-bond acceptors (Lipinski definition) is 3. The van der Waals surface area contributed by atoms with Crippen LogP contribution in [0.4, 0.5) is 18.9 Å². The summed E-state index contributed by atoms with van der Waals surface area (Å²) < 4.78 is 51.4. The Kier molecular flexibility index (Phi) is 7.31. The molecule has 2 aromatic carbocycles. The first-order valence-corrected chi connectivity index (χ1v) is 9.17. The number of rotatable bonds is 8. The number of carbonyl (C=O) groups is 1. The van der Waals surface area contributed by atoms with Gasteiger partial charge in [-0.25, -0.2) is 0 Å². The highest BCUT2D eigenvalue weighted by Crippen LogP contribution is 2.38. The highest BCUT2D eigenvalue weighted by Gasteiger charge is 2.34. The van der Waals surface area contributed by atoms with Crippen molar-refractivity contribution in [3.8, 4) is 11.5 Å². The van der Waals surface area contributed by atoms with E-state index in [1.54, 1.807) is 45.0 Å². The van der Waals surface area contributed by atoms with Crippen molar-refractivity contribution in [1.82, 2.24) is 0 Å². The van der Waals surface area contributed by atoms with Crippen molar-refractivity contribution in [3.63, 3.8) is 0 Å². The fraction of sp³-hybridized carbons (Fsp3) is 0.381. The number of alkyl halides is 3. The minimum atomic E-state index is -4.53. The lowest BCUT2D eigenvalue weighted by atomic mass is 10.1. The van der Waals surface area contributed by atoms with E-state index in [2.05, 4.69) is 5.32 Å². The Morgan fingerprint density at radius 1 is 1.04 bits per heavy atom. The quantitative estimate of drug-likeness (QED) is 0.633. The Hall–Kier alpha value is -2.70. The van der Waals surface area contributed by atoms with Crippen LogP contribution in [-0.4, -0.2) is 12.5 Å². The zero-order valence-electron chi connectivity index (χ0n) is 16.2. The number of anilines is 1. The van der Waals surface area contributed by atoms with Crippen LogP contribution >= 0.6 is 0 Å². The van der Waals surface area contributed by atoms with Gasteiger partial charge in [-0.15, -0.1) is 0 Å². The average molecular weight is 395 g/mol. The second-order valence-electron chi connectivity index (χ2n) is 6.09. The summed E-state index contributed by atoms with van der Waals surface area (Å²) in [4.78, 5) is 11.8. The van der Waals surface area contributed by atoms with Crippen molar-refractivity contribution in [1.29, 1.82) is 0 Å². The molecule has 0 spiro atoms. The predicted octanol–water partition coefficient (Wildman–Crippen LogP) is 5.59. The van der Waals surface area contributed by atoms with Gasteiger partial charge in [-0.3, -0.25) is 4.79 Å². The summed E-state index contributed by atoms with van der Waals surface area (Å²) in [7, 11) is 0. The van der Waals surface area contributed by atoms with E-state index in [1.807, 2.05) is 0 Å².